The Morgan fingerprint density at radius 1 is 1.00 bits per heavy atom. The number of nitrogens with one attached hydrogen (secondary N) is 1. The third kappa shape index (κ3) is 3.04. The number of benzene rings is 2. The van der Waals surface area contributed by atoms with Gasteiger partial charge in [-0.1, -0.05) is 47.5 Å². The third-order valence-electron chi connectivity index (χ3n) is 3.16. The Balaban J connectivity index is 1.85. The summed E-state index contributed by atoms with van der Waals surface area (Å²) in [6.45, 7) is 0.595. The van der Waals surface area contributed by atoms with Gasteiger partial charge in [-0.15, -0.1) is 0 Å². The van der Waals surface area contributed by atoms with Gasteiger partial charge >= 0.3 is 0 Å². The molecule has 2 aromatic carbocycles. The second kappa shape index (κ2) is 6.20. The van der Waals surface area contributed by atoms with Crippen LogP contribution in [0.3, 0.4) is 0 Å². The molecule has 1 N–H and O–H groups in total. The Bertz CT molecular complexity index is 739. The van der Waals surface area contributed by atoms with Crippen molar-refractivity contribution in [3.05, 3.63) is 76.5 Å². The number of aromatic nitrogens is 2. The van der Waals surface area contributed by atoms with Crippen molar-refractivity contribution in [1.29, 1.82) is 0 Å². The summed E-state index contributed by atoms with van der Waals surface area (Å²) in [5, 5.41) is 8.80. The van der Waals surface area contributed by atoms with E-state index in [1.165, 1.54) is 0 Å². The van der Waals surface area contributed by atoms with E-state index in [0.717, 1.165) is 16.9 Å². The van der Waals surface area contributed by atoms with Crippen molar-refractivity contribution in [2.45, 2.75) is 6.54 Å². The lowest BCUT2D eigenvalue weighted by Gasteiger charge is -2.13. The summed E-state index contributed by atoms with van der Waals surface area (Å²) in [5.41, 5.74) is 2.93. The molecule has 0 amide bonds. The number of nitrogens with zero attached hydrogens (tertiary/aromatic N) is 2. The van der Waals surface area contributed by atoms with Gasteiger partial charge in [0.25, 0.3) is 0 Å². The topological polar surface area (TPSA) is 29.9 Å². The van der Waals surface area contributed by atoms with E-state index in [9.17, 15) is 0 Å². The van der Waals surface area contributed by atoms with E-state index >= 15 is 0 Å². The molecule has 1 aromatic heterocycles. The normalized spacial score (nSPS) is 10.6. The zero-order valence-corrected chi connectivity index (χ0v) is 12.6. The van der Waals surface area contributed by atoms with Crippen molar-refractivity contribution >= 4 is 28.9 Å². The standard InChI is InChI=1S/C16H13Cl2N3/c17-13-6-3-5-12(16(13)18)11-19-14-7-1-2-8-15(14)21-10-4-9-20-21/h1-10,19H,11H2. The maximum atomic E-state index is 6.21. The number of rotatable bonds is 4. The highest BCUT2D eigenvalue weighted by Gasteiger charge is 2.07. The van der Waals surface area contributed by atoms with Crippen LogP contribution in [0.25, 0.3) is 5.69 Å². The molecule has 3 aromatic rings. The molecule has 3 rings (SSSR count). The van der Waals surface area contributed by atoms with Gasteiger partial charge in [0.15, 0.2) is 0 Å². The highest BCUT2D eigenvalue weighted by molar-refractivity contribution is 6.42. The zero-order chi connectivity index (χ0) is 14.7. The third-order valence-corrected chi connectivity index (χ3v) is 4.01. The molecule has 106 valence electrons. The highest BCUT2D eigenvalue weighted by Crippen LogP contribution is 2.27. The predicted octanol–water partition coefficient (Wildman–Crippen LogP) is 4.79. The van der Waals surface area contributed by atoms with Gasteiger partial charge in [0.1, 0.15) is 0 Å². The Morgan fingerprint density at radius 3 is 2.67 bits per heavy atom. The number of hydrogen-bond donors (Lipinski definition) is 1. The van der Waals surface area contributed by atoms with Gasteiger partial charge in [-0.25, -0.2) is 4.68 Å². The summed E-state index contributed by atoms with van der Waals surface area (Å²) < 4.78 is 1.82. The molecule has 1 heterocycles. The fraction of sp³-hybridized carbons (Fsp3) is 0.0625. The highest BCUT2D eigenvalue weighted by atomic mass is 35.5. The molecule has 21 heavy (non-hydrogen) atoms. The van der Waals surface area contributed by atoms with Gasteiger partial charge in [-0.3, -0.25) is 0 Å². The summed E-state index contributed by atoms with van der Waals surface area (Å²) in [5.74, 6) is 0. The molecule has 5 heteroatoms. The second-order valence-electron chi connectivity index (χ2n) is 4.53. The molecule has 0 bridgehead atoms. The van der Waals surface area contributed by atoms with Crippen molar-refractivity contribution in [2.75, 3.05) is 5.32 Å². The number of anilines is 1. The van der Waals surface area contributed by atoms with Gasteiger partial charge in [-0.2, -0.15) is 5.10 Å². The van der Waals surface area contributed by atoms with Crippen molar-refractivity contribution in [1.82, 2.24) is 9.78 Å². The van der Waals surface area contributed by atoms with Crippen LogP contribution in [-0.2, 0) is 6.54 Å². The summed E-state index contributed by atoms with van der Waals surface area (Å²) in [6.07, 6.45) is 3.66. The molecule has 0 aliphatic rings. The summed E-state index contributed by atoms with van der Waals surface area (Å²) in [6, 6.07) is 15.5. The molecule has 0 unspecified atom stereocenters. The van der Waals surface area contributed by atoms with E-state index in [1.54, 1.807) is 12.3 Å². The summed E-state index contributed by atoms with van der Waals surface area (Å²) in [4.78, 5) is 0. The van der Waals surface area contributed by atoms with Gasteiger partial charge in [0.2, 0.25) is 0 Å². The maximum Gasteiger partial charge on any atom is 0.0876 e. The predicted molar refractivity (Wildman–Crippen MR) is 87.4 cm³/mol. The second-order valence-corrected chi connectivity index (χ2v) is 5.32. The van der Waals surface area contributed by atoms with Gasteiger partial charge in [-0.05, 0) is 29.8 Å². The van der Waals surface area contributed by atoms with Crippen LogP contribution in [0.4, 0.5) is 5.69 Å². The molecule has 0 aliphatic heterocycles. The maximum absolute atomic E-state index is 6.21. The Hall–Kier alpha value is -1.97. The van der Waals surface area contributed by atoms with Crippen LogP contribution in [0.2, 0.25) is 10.0 Å². The monoisotopic (exact) mass is 317 g/mol. The minimum absolute atomic E-state index is 0.566. The molecule has 0 spiro atoms. The molecule has 0 radical (unpaired) electrons. The van der Waals surface area contributed by atoms with Crippen molar-refractivity contribution in [2.24, 2.45) is 0 Å². The lowest BCUT2D eigenvalue weighted by Crippen LogP contribution is -2.05. The Labute approximate surface area is 133 Å². The van der Waals surface area contributed by atoms with Crippen LogP contribution in [0.5, 0.6) is 0 Å². The minimum Gasteiger partial charge on any atom is -0.379 e. The molecule has 0 saturated carbocycles. The number of hydrogen-bond acceptors (Lipinski definition) is 2. The first-order valence-electron chi connectivity index (χ1n) is 6.51. The lowest BCUT2D eigenvalue weighted by atomic mass is 10.2. The molecule has 3 nitrogen and oxygen atoms in total. The summed E-state index contributed by atoms with van der Waals surface area (Å²) in [7, 11) is 0. The molecule has 0 fully saturated rings. The van der Waals surface area contributed by atoms with Gasteiger partial charge in [0, 0.05) is 18.9 Å². The smallest absolute Gasteiger partial charge is 0.0876 e. The van der Waals surface area contributed by atoms with Gasteiger partial charge < -0.3 is 5.32 Å². The largest absolute Gasteiger partial charge is 0.379 e. The zero-order valence-electron chi connectivity index (χ0n) is 11.1. The lowest BCUT2D eigenvalue weighted by molar-refractivity contribution is 0.879. The average Bonchev–Trinajstić information content (AvgIpc) is 3.03. The van der Waals surface area contributed by atoms with Crippen LogP contribution < -0.4 is 5.32 Å². The SMILES string of the molecule is Clc1cccc(CNc2ccccc2-n2cccn2)c1Cl. The van der Waals surface area contributed by atoms with E-state index < -0.39 is 0 Å². The average molecular weight is 318 g/mol. The van der Waals surface area contributed by atoms with Gasteiger partial charge in [0.05, 0.1) is 21.4 Å². The number of halogens is 2. The van der Waals surface area contributed by atoms with Crippen LogP contribution >= 0.6 is 23.2 Å². The Morgan fingerprint density at radius 2 is 1.86 bits per heavy atom. The fourth-order valence-electron chi connectivity index (χ4n) is 2.11. The molecule has 0 aliphatic carbocycles. The first kappa shape index (κ1) is 14.0. The first-order valence-corrected chi connectivity index (χ1v) is 7.27. The van der Waals surface area contributed by atoms with E-state index in [4.69, 9.17) is 23.2 Å². The van der Waals surface area contributed by atoms with Crippen LogP contribution in [0, 0.1) is 0 Å². The minimum atomic E-state index is 0.566. The fourth-order valence-corrected chi connectivity index (χ4v) is 2.50. The van der Waals surface area contributed by atoms with E-state index in [1.807, 2.05) is 53.3 Å². The summed E-state index contributed by atoms with van der Waals surface area (Å²) >= 11 is 12.2. The molecule has 0 atom stereocenters. The van der Waals surface area contributed by atoms with E-state index in [2.05, 4.69) is 10.4 Å². The van der Waals surface area contributed by atoms with Crippen LogP contribution in [0.15, 0.2) is 60.9 Å². The van der Waals surface area contributed by atoms with Crippen molar-refractivity contribution < 1.29 is 0 Å². The van der Waals surface area contributed by atoms with E-state index in [0.29, 0.717) is 16.6 Å². The van der Waals surface area contributed by atoms with Crippen molar-refractivity contribution in [3.8, 4) is 5.69 Å². The van der Waals surface area contributed by atoms with E-state index in [-0.39, 0.29) is 0 Å². The molecular formula is C16H13Cl2N3. The van der Waals surface area contributed by atoms with Crippen LogP contribution in [0.1, 0.15) is 5.56 Å². The first-order chi connectivity index (χ1) is 10.3. The molecular weight excluding hydrogens is 305 g/mol. The molecule has 0 saturated heterocycles. The number of para-hydroxylation sites is 2. The van der Waals surface area contributed by atoms with Crippen molar-refractivity contribution in [3.63, 3.8) is 0 Å². The Kier molecular flexibility index (Phi) is 4.13. The quantitative estimate of drug-likeness (QED) is 0.749. The van der Waals surface area contributed by atoms with Crippen LogP contribution in [-0.4, -0.2) is 9.78 Å².